The molecule has 0 bridgehead atoms. The van der Waals surface area contributed by atoms with Crippen molar-refractivity contribution in [2.45, 2.75) is 23.1 Å². The molecule has 0 spiro atoms. The van der Waals surface area contributed by atoms with Crippen LogP contribution < -0.4 is 5.32 Å². The van der Waals surface area contributed by atoms with Gasteiger partial charge in [-0.2, -0.15) is 5.10 Å². The van der Waals surface area contributed by atoms with Gasteiger partial charge in [-0.1, -0.05) is 46.8 Å². The maximum Gasteiger partial charge on any atom is 0.255 e. The number of amides is 1. The van der Waals surface area contributed by atoms with Crippen LogP contribution in [0.4, 0.5) is 5.69 Å². The first kappa shape index (κ1) is 19.6. The van der Waals surface area contributed by atoms with E-state index in [1.807, 2.05) is 50.2 Å². The second kappa shape index (κ2) is 8.36. The number of nitrogens with one attached hydrogen (secondary N) is 1. The van der Waals surface area contributed by atoms with Crippen molar-refractivity contribution in [2.75, 3.05) is 5.32 Å². The molecule has 29 heavy (non-hydrogen) atoms. The summed E-state index contributed by atoms with van der Waals surface area (Å²) >= 11 is 9.15. The maximum absolute atomic E-state index is 12.8. The Balaban J connectivity index is 1.53. The van der Waals surface area contributed by atoms with Gasteiger partial charge in [0.05, 0.1) is 27.8 Å². The van der Waals surface area contributed by atoms with Gasteiger partial charge in [-0.25, -0.2) is 4.68 Å². The number of para-hydroxylation sites is 1. The second-order valence-corrected chi connectivity index (χ2v) is 8.70. The van der Waals surface area contributed by atoms with Crippen LogP contribution in [0.5, 0.6) is 0 Å². The smallest absolute Gasteiger partial charge is 0.255 e. The average Bonchev–Trinajstić information content (AvgIpc) is 3.33. The first-order chi connectivity index (χ1) is 14.0. The third kappa shape index (κ3) is 4.19. The Bertz CT molecular complexity index is 1160. The number of rotatable bonds is 5. The molecule has 0 saturated heterocycles. The molecular formula is C20H16ClN5OS2. The third-order valence-electron chi connectivity index (χ3n) is 4.25. The lowest BCUT2D eigenvalue weighted by molar-refractivity contribution is 0.102. The van der Waals surface area contributed by atoms with E-state index in [-0.39, 0.29) is 5.91 Å². The van der Waals surface area contributed by atoms with Crippen LogP contribution in [0.15, 0.2) is 63.3 Å². The highest BCUT2D eigenvalue weighted by molar-refractivity contribution is 8.01. The summed E-state index contributed by atoms with van der Waals surface area (Å²) in [7, 11) is 0. The van der Waals surface area contributed by atoms with Gasteiger partial charge in [0.15, 0.2) is 4.34 Å². The molecule has 9 heteroatoms. The fourth-order valence-electron chi connectivity index (χ4n) is 2.78. The molecule has 0 fully saturated rings. The predicted molar refractivity (Wildman–Crippen MR) is 116 cm³/mol. The summed E-state index contributed by atoms with van der Waals surface area (Å²) in [5.41, 5.74) is 5.45. The molecule has 0 saturated carbocycles. The quantitative estimate of drug-likeness (QED) is 0.449. The normalized spacial score (nSPS) is 10.9. The molecule has 1 N–H and O–H groups in total. The van der Waals surface area contributed by atoms with E-state index in [1.54, 1.807) is 22.3 Å². The largest absolute Gasteiger partial charge is 0.321 e. The lowest BCUT2D eigenvalue weighted by atomic mass is 10.2. The van der Waals surface area contributed by atoms with E-state index >= 15 is 0 Å². The molecule has 4 rings (SSSR count). The standard InChI is InChI=1S/C20H16ClN5OS2/c1-12-18(21)13(2)26(25-12)15-9-7-14(8-10-15)19(27)23-16-5-3-4-6-17(16)29-20-24-22-11-28-20/h3-11H,1-2H3,(H,23,27). The molecule has 0 aliphatic heterocycles. The molecule has 2 heterocycles. The van der Waals surface area contributed by atoms with Gasteiger partial charge in [-0.05, 0) is 50.2 Å². The number of anilines is 1. The van der Waals surface area contributed by atoms with E-state index in [2.05, 4.69) is 20.6 Å². The number of carbonyl (C=O) groups excluding carboxylic acids is 1. The topological polar surface area (TPSA) is 72.7 Å². The second-order valence-electron chi connectivity index (χ2n) is 6.20. The number of aryl methyl sites for hydroxylation is 1. The minimum Gasteiger partial charge on any atom is -0.321 e. The van der Waals surface area contributed by atoms with E-state index in [4.69, 9.17) is 11.6 Å². The lowest BCUT2D eigenvalue weighted by Crippen LogP contribution is -2.12. The molecule has 0 radical (unpaired) electrons. The van der Waals surface area contributed by atoms with Crippen LogP contribution in [-0.2, 0) is 0 Å². The number of aromatic nitrogens is 4. The summed E-state index contributed by atoms with van der Waals surface area (Å²) in [5.74, 6) is -0.187. The number of hydrogen-bond acceptors (Lipinski definition) is 6. The van der Waals surface area contributed by atoms with E-state index in [9.17, 15) is 4.79 Å². The molecule has 0 aliphatic rings. The molecule has 4 aromatic rings. The van der Waals surface area contributed by atoms with E-state index < -0.39 is 0 Å². The molecular weight excluding hydrogens is 426 g/mol. The third-order valence-corrected chi connectivity index (χ3v) is 6.65. The molecule has 2 aromatic carbocycles. The van der Waals surface area contributed by atoms with Gasteiger partial charge in [-0.3, -0.25) is 4.79 Å². The zero-order chi connectivity index (χ0) is 20.4. The van der Waals surface area contributed by atoms with Crippen molar-refractivity contribution in [3.05, 3.63) is 76.0 Å². The van der Waals surface area contributed by atoms with Crippen LogP contribution in [0.2, 0.25) is 5.02 Å². The first-order valence-corrected chi connectivity index (χ1v) is 10.8. The summed E-state index contributed by atoms with van der Waals surface area (Å²) < 4.78 is 2.59. The average molecular weight is 442 g/mol. The van der Waals surface area contributed by atoms with Crippen molar-refractivity contribution in [3.63, 3.8) is 0 Å². The van der Waals surface area contributed by atoms with Gasteiger partial charge in [0, 0.05) is 10.5 Å². The molecule has 0 aliphatic carbocycles. The van der Waals surface area contributed by atoms with Crippen molar-refractivity contribution in [1.82, 2.24) is 20.0 Å². The number of benzene rings is 2. The highest BCUT2D eigenvalue weighted by Gasteiger charge is 2.13. The van der Waals surface area contributed by atoms with Crippen LogP contribution in [0.3, 0.4) is 0 Å². The lowest BCUT2D eigenvalue weighted by Gasteiger charge is -2.10. The predicted octanol–water partition coefficient (Wildman–Crippen LogP) is 5.40. The number of halogens is 1. The van der Waals surface area contributed by atoms with Gasteiger partial charge in [0.2, 0.25) is 0 Å². The van der Waals surface area contributed by atoms with Gasteiger partial charge < -0.3 is 5.32 Å². The SMILES string of the molecule is Cc1nn(-c2ccc(C(=O)Nc3ccccc3Sc3nncs3)cc2)c(C)c1Cl. The zero-order valence-electron chi connectivity index (χ0n) is 15.6. The zero-order valence-corrected chi connectivity index (χ0v) is 18.0. The Labute approximate surface area is 180 Å². The van der Waals surface area contributed by atoms with Gasteiger partial charge in [-0.15, -0.1) is 10.2 Å². The van der Waals surface area contributed by atoms with Crippen molar-refractivity contribution in [2.24, 2.45) is 0 Å². The number of nitrogens with zero attached hydrogens (tertiary/aromatic N) is 4. The first-order valence-electron chi connectivity index (χ1n) is 8.69. The number of carbonyl (C=O) groups is 1. The fourth-order valence-corrected chi connectivity index (χ4v) is 4.42. The molecule has 6 nitrogen and oxygen atoms in total. The van der Waals surface area contributed by atoms with E-state index in [0.717, 1.165) is 32.0 Å². The number of hydrogen-bond donors (Lipinski definition) is 1. The van der Waals surface area contributed by atoms with Crippen molar-refractivity contribution in [1.29, 1.82) is 0 Å². The minimum atomic E-state index is -0.187. The summed E-state index contributed by atoms with van der Waals surface area (Å²) in [5, 5.41) is 16.0. The summed E-state index contributed by atoms with van der Waals surface area (Å²) in [6.07, 6.45) is 0. The van der Waals surface area contributed by atoms with Crippen LogP contribution in [-0.4, -0.2) is 25.9 Å². The van der Waals surface area contributed by atoms with Gasteiger partial charge in [0.1, 0.15) is 5.51 Å². The van der Waals surface area contributed by atoms with Crippen LogP contribution in [0, 0.1) is 13.8 Å². The Hall–Kier alpha value is -2.68. The Morgan fingerprint density at radius 3 is 2.55 bits per heavy atom. The fraction of sp³-hybridized carbons (Fsp3) is 0.100. The van der Waals surface area contributed by atoms with Crippen LogP contribution in [0.25, 0.3) is 5.69 Å². The molecule has 2 aromatic heterocycles. The van der Waals surface area contributed by atoms with E-state index in [1.165, 1.54) is 23.1 Å². The maximum atomic E-state index is 12.8. The molecule has 0 atom stereocenters. The Morgan fingerprint density at radius 2 is 1.90 bits per heavy atom. The Kier molecular flexibility index (Phi) is 5.66. The summed E-state index contributed by atoms with van der Waals surface area (Å²) in [6.45, 7) is 3.78. The highest BCUT2D eigenvalue weighted by atomic mass is 35.5. The van der Waals surface area contributed by atoms with Crippen molar-refractivity contribution >= 4 is 46.3 Å². The van der Waals surface area contributed by atoms with E-state index in [0.29, 0.717) is 10.6 Å². The molecule has 0 unspecified atom stereocenters. The monoisotopic (exact) mass is 441 g/mol. The summed E-state index contributed by atoms with van der Waals surface area (Å²) in [4.78, 5) is 13.7. The molecule has 146 valence electrons. The summed E-state index contributed by atoms with van der Waals surface area (Å²) in [6, 6.07) is 14.9. The van der Waals surface area contributed by atoms with Crippen molar-refractivity contribution < 1.29 is 4.79 Å². The van der Waals surface area contributed by atoms with Gasteiger partial charge >= 0.3 is 0 Å². The highest BCUT2D eigenvalue weighted by Crippen LogP contribution is 2.34. The molecule has 1 amide bonds. The minimum absolute atomic E-state index is 0.187. The van der Waals surface area contributed by atoms with Gasteiger partial charge in [0.25, 0.3) is 5.91 Å². The van der Waals surface area contributed by atoms with Crippen LogP contribution >= 0.6 is 34.7 Å². The van der Waals surface area contributed by atoms with Crippen LogP contribution in [0.1, 0.15) is 21.7 Å². The Morgan fingerprint density at radius 1 is 1.14 bits per heavy atom. The van der Waals surface area contributed by atoms with Crippen molar-refractivity contribution in [3.8, 4) is 5.69 Å².